The molecule has 1 aromatic heterocycles. The number of pyridine rings is 1. The molecule has 0 radical (unpaired) electrons. The van der Waals surface area contributed by atoms with Crippen molar-refractivity contribution in [3.63, 3.8) is 0 Å². The number of aliphatic hydroxyl groups excluding tert-OH is 1. The van der Waals surface area contributed by atoms with Gasteiger partial charge >= 0.3 is 0 Å². The van der Waals surface area contributed by atoms with Gasteiger partial charge in [-0.15, -0.1) is 0 Å². The van der Waals surface area contributed by atoms with Gasteiger partial charge in [0.05, 0.1) is 11.8 Å². The van der Waals surface area contributed by atoms with E-state index in [9.17, 15) is 5.11 Å². The number of benzene rings is 1. The fraction of sp³-hybridized carbons (Fsp3) is 0.500. The molecule has 0 aliphatic carbocycles. The van der Waals surface area contributed by atoms with E-state index in [-0.39, 0.29) is 0 Å². The zero-order valence-corrected chi connectivity index (χ0v) is 16.3. The molecule has 1 saturated heterocycles. The summed E-state index contributed by atoms with van der Waals surface area (Å²) >= 11 is 0. The number of hydrogen-bond acceptors (Lipinski definition) is 4. The third-order valence-electron chi connectivity index (χ3n) is 5.39. The van der Waals surface area contributed by atoms with Crippen LogP contribution < -0.4 is 0 Å². The molecule has 2 heterocycles. The number of aromatic nitrogens is 1. The van der Waals surface area contributed by atoms with Crippen LogP contribution in [0.25, 0.3) is 0 Å². The monoisotopic (exact) mass is 353 g/mol. The minimum absolute atomic E-state index is 0.416. The van der Waals surface area contributed by atoms with Crippen LogP contribution in [-0.4, -0.2) is 52.6 Å². The van der Waals surface area contributed by atoms with Crippen LogP contribution in [0.15, 0.2) is 36.5 Å². The summed E-state index contributed by atoms with van der Waals surface area (Å²) < 4.78 is 0. The Balaban J connectivity index is 1.56. The molecule has 1 fully saturated rings. The topological polar surface area (TPSA) is 39.6 Å². The van der Waals surface area contributed by atoms with Gasteiger partial charge in [0.15, 0.2) is 0 Å². The molecule has 1 atom stereocenters. The second-order valence-corrected chi connectivity index (χ2v) is 7.57. The largest absolute Gasteiger partial charge is 0.387 e. The Hall–Kier alpha value is -1.75. The molecule has 3 rings (SSSR count). The highest BCUT2D eigenvalue weighted by Crippen LogP contribution is 2.21. The van der Waals surface area contributed by atoms with Crippen LogP contribution in [0, 0.1) is 20.8 Å². The van der Waals surface area contributed by atoms with Gasteiger partial charge in [-0.05, 0) is 63.0 Å². The Morgan fingerprint density at radius 2 is 1.77 bits per heavy atom. The summed E-state index contributed by atoms with van der Waals surface area (Å²) in [6, 6.07) is 10.4. The summed E-state index contributed by atoms with van der Waals surface area (Å²) in [6.07, 6.45) is 2.60. The fourth-order valence-corrected chi connectivity index (χ4v) is 3.80. The first-order valence-electron chi connectivity index (χ1n) is 9.63. The first-order chi connectivity index (χ1) is 12.5. The average Bonchev–Trinajstić information content (AvgIpc) is 2.82. The standard InChI is InChI=1S/C22H31N3O/c1-17-7-8-20(19(3)14-17)22(26)16-25-11-5-10-24(12-13-25)15-21-18(2)6-4-9-23-21/h4,6-9,14,22,26H,5,10-13,15-16H2,1-3H3/t22-/m0/s1. The minimum Gasteiger partial charge on any atom is -0.387 e. The molecule has 4 heteroatoms. The summed E-state index contributed by atoms with van der Waals surface area (Å²) in [5, 5.41) is 10.7. The molecule has 1 aliphatic heterocycles. The molecule has 1 aromatic carbocycles. The van der Waals surface area contributed by atoms with E-state index in [1.54, 1.807) is 0 Å². The van der Waals surface area contributed by atoms with Crippen LogP contribution in [0.1, 0.15) is 40.5 Å². The molecule has 0 spiro atoms. The molecular weight excluding hydrogens is 322 g/mol. The van der Waals surface area contributed by atoms with Gasteiger partial charge in [0.1, 0.15) is 0 Å². The lowest BCUT2D eigenvalue weighted by molar-refractivity contribution is 0.114. The van der Waals surface area contributed by atoms with Crippen LogP contribution in [0.5, 0.6) is 0 Å². The second-order valence-electron chi connectivity index (χ2n) is 7.57. The minimum atomic E-state index is -0.416. The highest BCUT2D eigenvalue weighted by Gasteiger charge is 2.19. The van der Waals surface area contributed by atoms with Gasteiger partial charge in [0.2, 0.25) is 0 Å². The zero-order chi connectivity index (χ0) is 18.5. The fourth-order valence-electron chi connectivity index (χ4n) is 3.80. The van der Waals surface area contributed by atoms with Crippen molar-refractivity contribution in [1.29, 1.82) is 0 Å². The molecule has 0 saturated carbocycles. The van der Waals surface area contributed by atoms with Crippen molar-refractivity contribution in [3.8, 4) is 0 Å². The van der Waals surface area contributed by atoms with Gasteiger partial charge in [0.25, 0.3) is 0 Å². The van der Waals surface area contributed by atoms with E-state index in [1.807, 2.05) is 12.3 Å². The van der Waals surface area contributed by atoms with E-state index < -0.39 is 6.10 Å². The van der Waals surface area contributed by atoms with Crippen molar-refractivity contribution >= 4 is 0 Å². The molecule has 1 N–H and O–H groups in total. The van der Waals surface area contributed by atoms with Gasteiger partial charge in [-0.2, -0.15) is 0 Å². The predicted molar refractivity (Wildman–Crippen MR) is 106 cm³/mol. The van der Waals surface area contributed by atoms with E-state index in [1.165, 1.54) is 22.4 Å². The Labute approximate surface area is 157 Å². The third-order valence-corrected chi connectivity index (χ3v) is 5.39. The predicted octanol–water partition coefficient (Wildman–Crippen LogP) is 3.25. The quantitative estimate of drug-likeness (QED) is 0.896. The lowest BCUT2D eigenvalue weighted by atomic mass is 10.0. The smallest absolute Gasteiger partial charge is 0.0919 e. The lowest BCUT2D eigenvalue weighted by Gasteiger charge is -2.25. The molecule has 1 aliphatic rings. The van der Waals surface area contributed by atoms with Crippen molar-refractivity contribution in [2.45, 2.75) is 39.8 Å². The Morgan fingerprint density at radius 3 is 2.54 bits per heavy atom. The molecule has 140 valence electrons. The molecule has 2 aromatic rings. The summed E-state index contributed by atoms with van der Waals surface area (Å²) in [7, 11) is 0. The van der Waals surface area contributed by atoms with Gasteiger partial charge in [-0.3, -0.25) is 14.8 Å². The van der Waals surface area contributed by atoms with Crippen LogP contribution in [0.3, 0.4) is 0 Å². The summed E-state index contributed by atoms with van der Waals surface area (Å²) in [4.78, 5) is 9.41. The molecular formula is C22H31N3O. The first-order valence-corrected chi connectivity index (χ1v) is 9.63. The second kappa shape index (κ2) is 8.76. The van der Waals surface area contributed by atoms with Crippen molar-refractivity contribution < 1.29 is 5.11 Å². The van der Waals surface area contributed by atoms with Crippen molar-refractivity contribution in [3.05, 3.63) is 64.5 Å². The van der Waals surface area contributed by atoms with Crippen LogP contribution in [-0.2, 0) is 6.54 Å². The van der Waals surface area contributed by atoms with Gasteiger partial charge < -0.3 is 5.11 Å². The molecule has 26 heavy (non-hydrogen) atoms. The van der Waals surface area contributed by atoms with Crippen LogP contribution >= 0.6 is 0 Å². The Kier molecular flexibility index (Phi) is 6.41. The van der Waals surface area contributed by atoms with E-state index in [2.05, 4.69) is 59.8 Å². The van der Waals surface area contributed by atoms with Crippen molar-refractivity contribution in [1.82, 2.24) is 14.8 Å². The Morgan fingerprint density at radius 1 is 1.00 bits per heavy atom. The van der Waals surface area contributed by atoms with Crippen molar-refractivity contribution in [2.75, 3.05) is 32.7 Å². The molecule has 0 amide bonds. The maximum absolute atomic E-state index is 10.7. The highest BCUT2D eigenvalue weighted by molar-refractivity contribution is 5.32. The number of rotatable bonds is 5. The number of β-amino-alcohol motifs (C(OH)–C–C–N with tert-alkyl or cyclic N) is 1. The van der Waals surface area contributed by atoms with Gasteiger partial charge in [-0.25, -0.2) is 0 Å². The average molecular weight is 354 g/mol. The first kappa shape index (κ1) is 19.0. The maximum atomic E-state index is 10.7. The van der Waals surface area contributed by atoms with Gasteiger partial charge in [-0.1, -0.05) is 29.8 Å². The SMILES string of the molecule is Cc1ccc([C@@H](O)CN2CCCN(Cc3ncccc3C)CC2)c(C)c1. The number of nitrogens with zero attached hydrogens (tertiary/aromatic N) is 3. The summed E-state index contributed by atoms with van der Waals surface area (Å²) in [5.74, 6) is 0. The number of aryl methyl sites for hydroxylation is 3. The molecule has 4 nitrogen and oxygen atoms in total. The third kappa shape index (κ3) is 4.91. The Bertz CT molecular complexity index is 731. The van der Waals surface area contributed by atoms with Crippen LogP contribution in [0.2, 0.25) is 0 Å². The zero-order valence-electron chi connectivity index (χ0n) is 16.3. The normalized spacial score (nSPS) is 17.8. The van der Waals surface area contributed by atoms with E-state index in [0.29, 0.717) is 6.54 Å². The van der Waals surface area contributed by atoms with E-state index in [0.717, 1.165) is 44.7 Å². The van der Waals surface area contributed by atoms with E-state index >= 15 is 0 Å². The number of hydrogen-bond donors (Lipinski definition) is 1. The van der Waals surface area contributed by atoms with Crippen molar-refractivity contribution in [2.24, 2.45) is 0 Å². The molecule has 0 bridgehead atoms. The van der Waals surface area contributed by atoms with E-state index in [4.69, 9.17) is 0 Å². The lowest BCUT2D eigenvalue weighted by Crippen LogP contribution is -2.33. The summed E-state index contributed by atoms with van der Waals surface area (Å²) in [6.45, 7) is 12.1. The maximum Gasteiger partial charge on any atom is 0.0919 e. The van der Waals surface area contributed by atoms with Gasteiger partial charge in [0, 0.05) is 32.4 Å². The highest BCUT2D eigenvalue weighted by atomic mass is 16.3. The number of aliphatic hydroxyl groups is 1. The van der Waals surface area contributed by atoms with Crippen LogP contribution in [0.4, 0.5) is 0 Å². The summed E-state index contributed by atoms with van der Waals surface area (Å²) in [5.41, 5.74) is 5.92. The molecule has 0 unspecified atom stereocenters.